The van der Waals surface area contributed by atoms with E-state index in [4.69, 9.17) is 15.2 Å². The molecule has 0 aliphatic carbocycles. The van der Waals surface area contributed by atoms with Gasteiger partial charge in [-0.2, -0.15) is 0 Å². The van der Waals surface area contributed by atoms with E-state index in [1.54, 1.807) is 7.11 Å². The van der Waals surface area contributed by atoms with Crippen LogP contribution in [0.25, 0.3) is 0 Å². The van der Waals surface area contributed by atoms with Gasteiger partial charge in [0.25, 0.3) is 0 Å². The molecule has 0 spiro atoms. The number of hydrogen-bond acceptors (Lipinski definition) is 3. The first kappa shape index (κ1) is 7.98. The molecular weight excluding hydrogens is 130 g/mol. The molecule has 0 bridgehead atoms. The third-order valence-corrected chi connectivity index (χ3v) is 1.78. The maximum Gasteiger partial charge on any atom is 0.159 e. The molecule has 3 heteroatoms. The van der Waals surface area contributed by atoms with Crippen molar-refractivity contribution in [2.75, 3.05) is 7.11 Å². The molecule has 0 amide bonds. The highest BCUT2D eigenvalue weighted by molar-refractivity contribution is 4.72. The Morgan fingerprint density at radius 3 is 2.70 bits per heavy atom. The average Bonchev–Trinajstić information content (AvgIpc) is 1.85. The van der Waals surface area contributed by atoms with Gasteiger partial charge in [-0.25, -0.2) is 0 Å². The van der Waals surface area contributed by atoms with Crippen LogP contribution in [0.2, 0.25) is 0 Å². The minimum Gasteiger partial charge on any atom is -0.356 e. The molecule has 0 aromatic rings. The van der Waals surface area contributed by atoms with Gasteiger partial charge in [-0.3, -0.25) is 0 Å². The van der Waals surface area contributed by atoms with Crippen LogP contribution >= 0.6 is 0 Å². The van der Waals surface area contributed by atoms with Gasteiger partial charge < -0.3 is 15.2 Å². The van der Waals surface area contributed by atoms with Crippen molar-refractivity contribution in [2.45, 2.75) is 38.2 Å². The first-order valence-electron chi connectivity index (χ1n) is 3.66. The number of ether oxygens (including phenoxy) is 2. The maximum absolute atomic E-state index is 5.73. The minimum atomic E-state index is -0.0845. The molecule has 0 aromatic carbocycles. The van der Waals surface area contributed by atoms with Crippen LogP contribution in [0.1, 0.15) is 19.8 Å². The Morgan fingerprint density at radius 2 is 2.20 bits per heavy atom. The van der Waals surface area contributed by atoms with Crippen LogP contribution in [0.5, 0.6) is 0 Å². The molecule has 0 radical (unpaired) electrons. The van der Waals surface area contributed by atoms with Crippen LogP contribution in [0.4, 0.5) is 0 Å². The summed E-state index contributed by atoms with van der Waals surface area (Å²) in [6.45, 7) is 2.02. The molecule has 1 aliphatic heterocycles. The summed E-state index contributed by atoms with van der Waals surface area (Å²) in [7, 11) is 1.65. The zero-order valence-electron chi connectivity index (χ0n) is 6.54. The van der Waals surface area contributed by atoms with Gasteiger partial charge in [0.1, 0.15) is 0 Å². The fourth-order valence-corrected chi connectivity index (χ4v) is 1.29. The fourth-order valence-electron chi connectivity index (χ4n) is 1.29. The monoisotopic (exact) mass is 145 g/mol. The summed E-state index contributed by atoms with van der Waals surface area (Å²) in [5, 5.41) is 0. The summed E-state index contributed by atoms with van der Waals surface area (Å²) in [5.41, 5.74) is 5.73. The zero-order chi connectivity index (χ0) is 7.56. The number of hydrogen-bond donors (Lipinski definition) is 1. The van der Waals surface area contributed by atoms with Crippen molar-refractivity contribution in [3.63, 3.8) is 0 Å². The molecule has 1 saturated heterocycles. The molecule has 1 aliphatic rings. The highest BCUT2D eigenvalue weighted by Crippen LogP contribution is 2.17. The molecule has 1 fully saturated rings. The van der Waals surface area contributed by atoms with Gasteiger partial charge in [0.2, 0.25) is 0 Å². The van der Waals surface area contributed by atoms with E-state index in [1.165, 1.54) is 0 Å². The van der Waals surface area contributed by atoms with Crippen LogP contribution in [-0.4, -0.2) is 25.5 Å². The molecule has 10 heavy (non-hydrogen) atoms. The SMILES string of the molecule is CO[C@H]1C[C@H](N)C[C@H](C)O1. The summed E-state index contributed by atoms with van der Waals surface area (Å²) >= 11 is 0. The molecule has 0 saturated carbocycles. The van der Waals surface area contributed by atoms with Gasteiger partial charge in [0.05, 0.1) is 6.10 Å². The third kappa shape index (κ3) is 1.94. The van der Waals surface area contributed by atoms with Gasteiger partial charge in [0, 0.05) is 19.6 Å². The van der Waals surface area contributed by atoms with E-state index in [1.807, 2.05) is 6.92 Å². The summed E-state index contributed by atoms with van der Waals surface area (Å²) in [5.74, 6) is 0. The molecule has 0 unspecified atom stereocenters. The van der Waals surface area contributed by atoms with Crippen LogP contribution in [-0.2, 0) is 9.47 Å². The summed E-state index contributed by atoms with van der Waals surface area (Å²) in [6, 6.07) is 0.244. The average molecular weight is 145 g/mol. The van der Waals surface area contributed by atoms with Crippen LogP contribution in [0.3, 0.4) is 0 Å². The fraction of sp³-hybridized carbons (Fsp3) is 1.00. The van der Waals surface area contributed by atoms with E-state index in [9.17, 15) is 0 Å². The lowest BCUT2D eigenvalue weighted by atomic mass is 10.0. The van der Waals surface area contributed by atoms with E-state index < -0.39 is 0 Å². The van der Waals surface area contributed by atoms with E-state index in [0.29, 0.717) is 0 Å². The van der Waals surface area contributed by atoms with Crippen molar-refractivity contribution in [2.24, 2.45) is 5.73 Å². The van der Waals surface area contributed by atoms with Crippen molar-refractivity contribution in [3.05, 3.63) is 0 Å². The maximum atomic E-state index is 5.73. The molecule has 2 N–H and O–H groups in total. The Labute approximate surface area is 61.5 Å². The summed E-state index contributed by atoms with van der Waals surface area (Å²) < 4.78 is 10.4. The lowest BCUT2D eigenvalue weighted by molar-refractivity contribution is -0.178. The van der Waals surface area contributed by atoms with Gasteiger partial charge >= 0.3 is 0 Å². The van der Waals surface area contributed by atoms with Crippen molar-refractivity contribution >= 4 is 0 Å². The largest absolute Gasteiger partial charge is 0.356 e. The Morgan fingerprint density at radius 1 is 1.50 bits per heavy atom. The first-order chi connectivity index (χ1) is 4.72. The molecule has 3 atom stereocenters. The molecule has 1 rings (SSSR count). The normalized spacial score (nSPS) is 41.7. The second kappa shape index (κ2) is 3.32. The first-order valence-corrected chi connectivity index (χ1v) is 3.66. The van der Waals surface area contributed by atoms with Crippen LogP contribution in [0.15, 0.2) is 0 Å². The van der Waals surface area contributed by atoms with Crippen molar-refractivity contribution < 1.29 is 9.47 Å². The van der Waals surface area contributed by atoms with Crippen LogP contribution < -0.4 is 5.73 Å². The Hall–Kier alpha value is -0.120. The van der Waals surface area contributed by atoms with Gasteiger partial charge in [-0.1, -0.05) is 0 Å². The van der Waals surface area contributed by atoms with E-state index in [2.05, 4.69) is 0 Å². The highest BCUT2D eigenvalue weighted by atomic mass is 16.7. The molecular formula is C7H15NO2. The Bertz CT molecular complexity index is 97.8. The van der Waals surface area contributed by atoms with E-state index >= 15 is 0 Å². The topological polar surface area (TPSA) is 44.5 Å². The smallest absolute Gasteiger partial charge is 0.159 e. The van der Waals surface area contributed by atoms with Crippen molar-refractivity contribution in [1.82, 2.24) is 0 Å². The van der Waals surface area contributed by atoms with Gasteiger partial charge in [-0.05, 0) is 13.3 Å². The second-order valence-corrected chi connectivity index (χ2v) is 2.84. The lowest BCUT2D eigenvalue weighted by Crippen LogP contribution is -2.39. The van der Waals surface area contributed by atoms with Gasteiger partial charge in [0.15, 0.2) is 6.29 Å². The lowest BCUT2D eigenvalue weighted by Gasteiger charge is -2.30. The minimum absolute atomic E-state index is 0.0845. The predicted molar refractivity (Wildman–Crippen MR) is 38.6 cm³/mol. The standard InChI is InChI=1S/C7H15NO2/c1-5-3-6(8)4-7(9-2)10-5/h5-7H,3-4,8H2,1-2H3/t5-,6+,7+/m0/s1. The quantitative estimate of drug-likeness (QED) is 0.584. The predicted octanol–water partition coefficient (Wildman–Crippen LogP) is 0.485. The highest BCUT2D eigenvalue weighted by Gasteiger charge is 2.23. The van der Waals surface area contributed by atoms with E-state index in [-0.39, 0.29) is 18.4 Å². The zero-order valence-corrected chi connectivity index (χ0v) is 6.54. The third-order valence-electron chi connectivity index (χ3n) is 1.78. The number of nitrogens with two attached hydrogens (primary N) is 1. The Balaban J connectivity index is 2.35. The summed E-state index contributed by atoms with van der Waals surface area (Å²) in [4.78, 5) is 0. The van der Waals surface area contributed by atoms with Crippen molar-refractivity contribution in [3.8, 4) is 0 Å². The number of rotatable bonds is 1. The molecule has 3 nitrogen and oxygen atoms in total. The molecule has 60 valence electrons. The van der Waals surface area contributed by atoms with Crippen LogP contribution in [0, 0.1) is 0 Å². The number of methoxy groups -OCH3 is 1. The second-order valence-electron chi connectivity index (χ2n) is 2.84. The summed E-state index contributed by atoms with van der Waals surface area (Å²) in [6.07, 6.45) is 1.92. The van der Waals surface area contributed by atoms with Gasteiger partial charge in [-0.15, -0.1) is 0 Å². The van der Waals surface area contributed by atoms with E-state index in [0.717, 1.165) is 12.8 Å². The molecule has 1 heterocycles. The van der Waals surface area contributed by atoms with Crippen molar-refractivity contribution in [1.29, 1.82) is 0 Å². The molecule has 0 aromatic heterocycles. The Kier molecular flexibility index (Phi) is 2.65.